The van der Waals surface area contributed by atoms with Crippen LogP contribution in [-0.4, -0.2) is 23.8 Å². The zero-order valence-electron chi connectivity index (χ0n) is 21.8. The highest BCUT2D eigenvalue weighted by Gasteiger charge is 2.15. The van der Waals surface area contributed by atoms with Gasteiger partial charge in [0.05, 0.1) is 11.0 Å². The molecule has 0 atom stereocenters. The minimum absolute atomic E-state index is 0.745. The van der Waals surface area contributed by atoms with Gasteiger partial charge in [-0.15, -0.1) is 0 Å². The predicted octanol–water partition coefficient (Wildman–Crippen LogP) is 8.45. The first-order chi connectivity index (χ1) is 20.3. The van der Waals surface area contributed by atoms with Crippen molar-refractivity contribution in [3.63, 3.8) is 0 Å². The molecule has 0 unspecified atom stereocenters. The van der Waals surface area contributed by atoms with Crippen LogP contribution in [0, 0.1) is 0 Å². The molecule has 0 fully saturated rings. The summed E-state index contributed by atoms with van der Waals surface area (Å²) in [5, 5.41) is 6.56. The monoisotopic (exact) mass is 527 g/mol. The molecule has 0 saturated heterocycles. The molecule has 0 N–H and O–H groups in total. The topological polar surface area (TPSA) is 56.7 Å². The van der Waals surface area contributed by atoms with Gasteiger partial charge in [0.15, 0.2) is 0 Å². The van der Waals surface area contributed by atoms with Crippen molar-refractivity contribution in [1.82, 2.24) is 23.8 Å². The number of nitrogens with zero attached hydrogens (tertiary/aromatic N) is 5. The van der Waals surface area contributed by atoms with Crippen LogP contribution in [-0.2, 0) is 0 Å². The number of rotatable bonds is 3. The number of aromatic nitrogens is 5. The highest BCUT2D eigenvalue weighted by molar-refractivity contribution is 6.17. The van der Waals surface area contributed by atoms with Gasteiger partial charge in [-0.05, 0) is 70.4 Å². The van der Waals surface area contributed by atoms with E-state index in [0.717, 1.165) is 60.8 Å². The molecular formula is C35H21N5O. The zero-order valence-corrected chi connectivity index (χ0v) is 21.8. The van der Waals surface area contributed by atoms with Crippen molar-refractivity contribution in [2.45, 2.75) is 0 Å². The summed E-state index contributed by atoms with van der Waals surface area (Å²) in [6.45, 7) is 0. The lowest BCUT2D eigenvalue weighted by Crippen LogP contribution is -1.94. The van der Waals surface area contributed by atoms with Crippen LogP contribution in [0.4, 0.5) is 0 Å². The van der Waals surface area contributed by atoms with E-state index in [9.17, 15) is 0 Å². The molecule has 0 saturated carbocycles. The zero-order chi connectivity index (χ0) is 26.9. The van der Waals surface area contributed by atoms with Gasteiger partial charge in [-0.25, -0.2) is 9.97 Å². The fourth-order valence-corrected chi connectivity index (χ4v) is 6.21. The largest absolute Gasteiger partial charge is 0.457 e. The fraction of sp³-hybridized carbons (Fsp3) is 0. The molecule has 0 spiro atoms. The first-order valence-corrected chi connectivity index (χ1v) is 13.5. The summed E-state index contributed by atoms with van der Waals surface area (Å²) in [5.74, 6) is 1.50. The van der Waals surface area contributed by atoms with Crippen molar-refractivity contribution < 1.29 is 4.74 Å². The van der Waals surface area contributed by atoms with E-state index in [1.165, 1.54) is 16.5 Å². The number of ether oxygens (including phenoxy) is 1. The standard InChI is InChI=1S/C35H21N5O/c1-2-5-22(6-3-1)25-7-4-8-32-33(25)27-12-10-24(20-29(27)35-38-16-18-40(32)35)41-23-9-11-26-28(19-23)34-37-15-17-39(34)31-13-14-36-21-30(26)31/h1-21H. The normalized spacial score (nSPS) is 11.9. The van der Waals surface area contributed by atoms with Crippen molar-refractivity contribution in [3.8, 4) is 22.6 Å². The SMILES string of the molecule is c1ccc(-c2cccc3c2c2ccc(Oc4ccc5c6cnccc6n6ccnc6c5c4)cc2c2nccn32)cc1. The van der Waals surface area contributed by atoms with Crippen molar-refractivity contribution in [1.29, 1.82) is 0 Å². The van der Waals surface area contributed by atoms with Crippen molar-refractivity contribution in [2.75, 3.05) is 0 Å². The summed E-state index contributed by atoms with van der Waals surface area (Å²) in [4.78, 5) is 13.8. The van der Waals surface area contributed by atoms with E-state index < -0.39 is 0 Å². The summed E-state index contributed by atoms with van der Waals surface area (Å²) in [5.41, 5.74) is 6.37. The van der Waals surface area contributed by atoms with Gasteiger partial charge in [-0.3, -0.25) is 13.8 Å². The maximum absolute atomic E-state index is 6.49. The first kappa shape index (κ1) is 22.1. The molecule has 6 heteroatoms. The Labute approximate surface area is 233 Å². The third-order valence-electron chi connectivity index (χ3n) is 7.98. The number of benzene rings is 4. The summed E-state index contributed by atoms with van der Waals surface area (Å²) < 4.78 is 10.8. The molecule has 9 rings (SSSR count). The Bertz CT molecular complexity index is 2460. The van der Waals surface area contributed by atoms with E-state index in [1.807, 2.05) is 61.4 Å². The van der Waals surface area contributed by atoms with Crippen molar-refractivity contribution in [2.24, 2.45) is 0 Å². The van der Waals surface area contributed by atoms with Gasteiger partial charge in [0.1, 0.15) is 22.8 Å². The molecule has 0 aliphatic heterocycles. The molecule has 5 heterocycles. The fourth-order valence-electron chi connectivity index (χ4n) is 6.21. The molecule has 4 aromatic carbocycles. The van der Waals surface area contributed by atoms with Gasteiger partial charge in [0.25, 0.3) is 0 Å². The Morgan fingerprint density at radius 1 is 0.537 bits per heavy atom. The Kier molecular flexibility index (Phi) is 4.51. The molecule has 0 radical (unpaired) electrons. The first-order valence-electron chi connectivity index (χ1n) is 13.5. The van der Waals surface area contributed by atoms with Gasteiger partial charge in [0.2, 0.25) is 0 Å². The van der Waals surface area contributed by atoms with E-state index in [4.69, 9.17) is 9.72 Å². The predicted molar refractivity (Wildman–Crippen MR) is 164 cm³/mol. The molecular weight excluding hydrogens is 506 g/mol. The van der Waals surface area contributed by atoms with Crippen LogP contribution >= 0.6 is 0 Å². The number of hydrogen-bond acceptors (Lipinski definition) is 4. The molecule has 41 heavy (non-hydrogen) atoms. The summed E-state index contributed by atoms with van der Waals surface area (Å²) in [6.07, 6.45) is 11.4. The molecule has 0 bridgehead atoms. The molecule has 0 aliphatic rings. The number of imidazole rings is 2. The summed E-state index contributed by atoms with van der Waals surface area (Å²) >= 11 is 0. The van der Waals surface area contributed by atoms with Gasteiger partial charge in [0, 0.05) is 58.7 Å². The third kappa shape index (κ3) is 3.22. The molecule has 0 aliphatic carbocycles. The molecule has 5 aromatic heterocycles. The number of fused-ring (bicyclic) bond motifs is 12. The molecule has 6 nitrogen and oxygen atoms in total. The lowest BCUT2D eigenvalue weighted by molar-refractivity contribution is 0.484. The lowest BCUT2D eigenvalue weighted by Gasteiger charge is -2.14. The molecule has 9 aromatic rings. The van der Waals surface area contributed by atoms with Gasteiger partial charge in [-0.1, -0.05) is 42.5 Å². The molecule has 192 valence electrons. The van der Waals surface area contributed by atoms with E-state index in [-0.39, 0.29) is 0 Å². The van der Waals surface area contributed by atoms with Crippen LogP contribution in [0.15, 0.2) is 128 Å². The van der Waals surface area contributed by atoms with Gasteiger partial charge >= 0.3 is 0 Å². The number of pyridine rings is 3. The quantitative estimate of drug-likeness (QED) is 0.216. The van der Waals surface area contributed by atoms with Crippen LogP contribution in [0.2, 0.25) is 0 Å². The minimum Gasteiger partial charge on any atom is -0.457 e. The minimum atomic E-state index is 0.745. The highest BCUT2D eigenvalue weighted by Crippen LogP contribution is 2.39. The average molecular weight is 528 g/mol. The summed E-state index contributed by atoms with van der Waals surface area (Å²) in [7, 11) is 0. The second-order valence-electron chi connectivity index (χ2n) is 10.2. The third-order valence-corrected chi connectivity index (χ3v) is 7.98. The van der Waals surface area contributed by atoms with E-state index in [2.05, 4.69) is 85.5 Å². The Hall–Kier alpha value is -5.75. The van der Waals surface area contributed by atoms with E-state index in [1.54, 1.807) is 0 Å². The summed E-state index contributed by atoms with van der Waals surface area (Å²) in [6, 6.07) is 31.5. The Balaban J connectivity index is 1.24. The van der Waals surface area contributed by atoms with Crippen LogP contribution in [0.1, 0.15) is 0 Å². The second-order valence-corrected chi connectivity index (χ2v) is 10.2. The Morgan fingerprint density at radius 2 is 1.24 bits per heavy atom. The van der Waals surface area contributed by atoms with E-state index >= 15 is 0 Å². The smallest absolute Gasteiger partial charge is 0.145 e. The average Bonchev–Trinajstić information content (AvgIpc) is 3.73. The van der Waals surface area contributed by atoms with Gasteiger partial charge in [-0.2, -0.15) is 0 Å². The maximum atomic E-state index is 6.49. The number of hydrogen-bond donors (Lipinski definition) is 0. The Morgan fingerprint density at radius 3 is 2.02 bits per heavy atom. The maximum Gasteiger partial charge on any atom is 0.145 e. The van der Waals surface area contributed by atoms with Crippen LogP contribution in [0.25, 0.3) is 65.8 Å². The lowest BCUT2D eigenvalue weighted by atomic mass is 9.96. The van der Waals surface area contributed by atoms with Crippen LogP contribution < -0.4 is 4.74 Å². The van der Waals surface area contributed by atoms with Crippen LogP contribution in [0.5, 0.6) is 11.5 Å². The van der Waals surface area contributed by atoms with E-state index in [0.29, 0.717) is 0 Å². The molecule has 0 amide bonds. The van der Waals surface area contributed by atoms with Gasteiger partial charge < -0.3 is 4.74 Å². The van der Waals surface area contributed by atoms with Crippen LogP contribution in [0.3, 0.4) is 0 Å². The second kappa shape index (κ2) is 8.37. The van der Waals surface area contributed by atoms with Crippen molar-refractivity contribution in [3.05, 3.63) is 128 Å². The highest BCUT2D eigenvalue weighted by atomic mass is 16.5. The van der Waals surface area contributed by atoms with Crippen molar-refractivity contribution >= 4 is 54.6 Å².